The number of unbranched alkanes of at least 4 members (excludes halogenated alkanes) is 2. The van der Waals surface area contributed by atoms with Gasteiger partial charge in [0, 0.05) is 37.7 Å². The predicted molar refractivity (Wildman–Crippen MR) is 221 cm³/mol. The molecular formula is C45H60N2O12. The van der Waals surface area contributed by atoms with Gasteiger partial charge in [-0.1, -0.05) is 36.2 Å². The summed E-state index contributed by atoms with van der Waals surface area (Å²) in [5, 5.41) is 33.8. The minimum absolute atomic E-state index is 0.00956. The van der Waals surface area contributed by atoms with Crippen LogP contribution in [0, 0.1) is 17.8 Å². The van der Waals surface area contributed by atoms with Gasteiger partial charge >= 0.3 is 6.09 Å². The second-order valence-corrected chi connectivity index (χ2v) is 14.8. The van der Waals surface area contributed by atoms with Crippen LogP contribution in [-0.4, -0.2) is 117 Å². The van der Waals surface area contributed by atoms with Crippen molar-refractivity contribution in [3.8, 4) is 23.0 Å². The third-order valence-corrected chi connectivity index (χ3v) is 11.3. The lowest BCUT2D eigenvalue weighted by Crippen LogP contribution is -2.70. The maximum absolute atomic E-state index is 14.2. The third kappa shape index (κ3) is 10.5. The summed E-state index contributed by atoms with van der Waals surface area (Å²) in [5.74, 6) is -0.376. The largest absolute Gasteiger partial charge is 0.496 e. The monoisotopic (exact) mass is 820 g/mol. The molecule has 1 fully saturated rings. The van der Waals surface area contributed by atoms with Gasteiger partial charge in [0.05, 0.1) is 57.3 Å². The molecule has 322 valence electrons. The predicted octanol–water partition coefficient (Wildman–Crippen LogP) is 6.59. The summed E-state index contributed by atoms with van der Waals surface area (Å²) in [5.41, 5.74) is 2.72. The fourth-order valence-electron chi connectivity index (χ4n) is 8.84. The van der Waals surface area contributed by atoms with Crippen LogP contribution in [0.15, 0.2) is 78.5 Å². The van der Waals surface area contributed by atoms with E-state index in [0.29, 0.717) is 53.5 Å². The van der Waals surface area contributed by atoms with Gasteiger partial charge < -0.3 is 48.6 Å². The van der Waals surface area contributed by atoms with Crippen molar-refractivity contribution in [2.45, 2.75) is 69.1 Å². The molecule has 1 amide bonds. The van der Waals surface area contributed by atoms with Crippen molar-refractivity contribution in [1.82, 2.24) is 4.90 Å². The van der Waals surface area contributed by atoms with Gasteiger partial charge in [-0.05, 0) is 85.9 Å². The van der Waals surface area contributed by atoms with E-state index >= 15 is 0 Å². The second-order valence-electron chi connectivity index (χ2n) is 14.8. The van der Waals surface area contributed by atoms with Crippen molar-refractivity contribution in [2.75, 3.05) is 67.0 Å². The standard InChI is InChI=1S/C45H60N2O12/c1-5-7-23-56-44(52)47(18-24-55-25-21-50)41-29-38(46-54-4)36-27-31(12-8-10-19-48)35(13-9-11-20-49)42-37-28-34(58-33-14-16-39(53-3)32(26-33)30-51)15-17-40(37)59-45(41,43(36)42)57-22-6-2/h5-6,14-17,26-28,30-31,35,41-43,48-50H,1-2,7-13,18-25,29H2,3-4H3/t31-,35+,41-,42+,43+,45+/m0/s1. The van der Waals surface area contributed by atoms with Crippen LogP contribution in [0.4, 0.5) is 4.79 Å². The number of allylic oxidation sites excluding steroid dienone is 1. The Morgan fingerprint density at radius 3 is 2.42 bits per heavy atom. The molecule has 1 heterocycles. The molecule has 1 aliphatic heterocycles. The summed E-state index contributed by atoms with van der Waals surface area (Å²) in [4.78, 5) is 33.2. The van der Waals surface area contributed by atoms with E-state index in [4.69, 9.17) is 33.3 Å². The lowest BCUT2D eigenvalue weighted by Gasteiger charge is -2.59. The third-order valence-electron chi connectivity index (χ3n) is 11.3. The molecule has 59 heavy (non-hydrogen) atoms. The van der Waals surface area contributed by atoms with Crippen molar-refractivity contribution in [1.29, 1.82) is 0 Å². The number of nitrogens with zero attached hydrogens (tertiary/aromatic N) is 2. The molecule has 5 rings (SSSR count). The van der Waals surface area contributed by atoms with E-state index in [1.54, 1.807) is 41.3 Å². The zero-order valence-electron chi connectivity index (χ0n) is 34.3. The first-order valence-electron chi connectivity index (χ1n) is 20.5. The summed E-state index contributed by atoms with van der Waals surface area (Å²) < 4.78 is 37.4. The van der Waals surface area contributed by atoms with Gasteiger partial charge in [0.15, 0.2) is 6.29 Å². The number of fused-ring (bicyclic) bond motifs is 2. The fraction of sp³-hybridized carbons (Fsp3) is 0.533. The van der Waals surface area contributed by atoms with Crippen molar-refractivity contribution >= 4 is 18.1 Å². The number of methoxy groups -OCH3 is 1. The smallest absolute Gasteiger partial charge is 0.410 e. The summed E-state index contributed by atoms with van der Waals surface area (Å²) in [6.45, 7) is 8.17. The number of aliphatic hydroxyl groups is 3. The van der Waals surface area contributed by atoms with E-state index in [-0.39, 0.29) is 77.0 Å². The van der Waals surface area contributed by atoms with Crippen molar-refractivity contribution in [2.24, 2.45) is 22.9 Å². The van der Waals surface area contributed by atoms with Crippen molar-refractivity contribution < 1.29 is 58.2 Å². The normalized spacial score (nSPS) is 23.5. The lowest BCUT2D eigenvalue weighted by molar-refractivity contribution is -0.256. The Balaban J connectivity index is 1.74. The van der Waals surface area contributed by atoms with Crippen LogP contribution in [0.3, 0.4) is 0 Å². The number of benzene rings is 2. The molecule has 14 nitrogen and oxygen atoms in total. The maximum Gasteiger partial charge on any atom is 0.410 e. The highest BCUT2D eigenvalue weighted by Gasteiger charge is 2.65. The number of carbonyl (C=O) groups excluding carboxylic acids is 2. The number of amides is 1. The van der Waals surface area contributed by atoms with E-state index in [9.17, 15) is 24.9 Å². The zero-order valence-corrected chi connectivity index (χ0v) is 34.3. The molecule has 2 aromatic carbocycles. The van der Waals surface area contributed by atoms with Crippen molar-refractivity contribution in [3.05, 3.63) is 84.5 Å². The van der Waals surface area contributed by atoms with Gasteiger partial charge in [0.2, 0.25) is 5.79 Å². The Kier molecular flexibility index (Phi) is 17.4. The van der Waals surface area contributed by atoms with Crippen LogP contribution in [-0.2, 0) is 19.0 Å². The van der Waals surface area contributed by atoms with Crippen LogP contribution >= 0.6 is 0 Å². The number of aldehydes is 1. The highest BCUT2D eigenvalue weighted by molar-refractivity contribution is 6.03. The van der Waals surface area contributed by atoms with E-state index in [0.717, 1.165) is 43.1 Å². The summed E-state index contributed by atoms with van der Waals surface area (Å²) in [6.07, 6.45) is 10.7. The Hall–Kier alpha value is -4.73. The number of rotatable bonds is 25. The molecule has 0 unspecified atom stereocenters. The molecule has 6 atom stereocenters. The Labute approximate surface area is 347 Å². The molecule has 1 saturated carbocycles. The quantitative estimate of drug-likeness (QED) is 0.0425. The van der Waals surface area contributed by atoms with Crippen molar-refractivity contribution in [3.63, 3.8) is 0 Å². The number of hydrogen-bond acceptors (Lipinski definition) is 13. The van der Waals surface area contributed by atoms with Crippen LogP contribution in [0.25, 0.3) is 0 Å². The van der Waals surface area contributed by atoms with Gasteiger partial charge in [0.25, 0.3) is 0 Å². The van der Waals surface area contributed by atoms with Crippen LogP contribution < -0.4 is 14.2 Å². The number of hydrogen-bond donors (Lipinski definition) is 3. The van der Waals surface area contributed by atoms with E-state index in [1.165, 1.54) is 14.2 Å². The summed E-state index contributed by atoms with van der Waals surface area (Å²) >= 11 is 0. The number of aliphatic hydroxyl groups excluding tert-OH is 3. The minimum Gasteiger partial charge on any atom is -0.496 e. The SMILES string of the molecule is C=CCCOC(=O)N(CCOCCO)[C@H]1CC(=NOC)C2=C[C@H](CCCCO)[C@@H](CCCCO)[C@@H]3c4cc(Oc5ccc(OC)c(C=O)c5)ccc4O[C@@]1(OCC=C)[C@H]23. The molecule has 0 aromatic heterocycles. The molecule has 0 spiro atoms. The second kappa shape index (κ2) is 22.6. The summed E-state index contributed by atoms with van der Waals surface area (Å²) in [6, 6.07) is 9.83. The molecular weight excluding hydrogens is 760 g/mol. The van der Waals surface area contributed by atoms with Gasteiger partial charge in [0.1, 0.15) is 36.1 Å². The Morgan fingerprint density at radius 1 is 0.966 bits per heavy atom. The highest BCUT2D eigenvalue weighted by atomic mass is 16.7. The first kappa shape index (κ1) is 45.4. The van der Waals surface area contributed by atoms with Gasteiger partial charge in [-0.25, -0.2) is 4.79 Å². The van der Waals surface area contributed by atoms with Gasteiger partial charge in [-0.3, -0.25) is 9.69 Å². The first-order valence-corrected chi connectivity index (χ1v) is 20.5. The topological polar surface area (TPSA) is 175 Å². The summed E-state index contributed by atoms with van der Waals surface area (Å²) in [7, 11) is 2.99. The van der Waals surface area contributed by atoms with Crippen LogP contribution in [0.5, 0.6) is 23.0 Å². The number of ether oxygens (including phenoxy) is 6. The van der Waals surface area contributed by atoms with Crippen LogP contribution in [0.1, 0.15) is 73.2 Å². The van der Waals surface area contributed by atoms with E-state index < -0.39 is 23.8 Å². The van der Waals surface area contributed by atoms with Gasteiger partial charge in [-0.15, -0.1) is 13.2 Å². The molecule has 2 aliphatic carbocycles. The average Bonchev–Trinajstić information content (AvgIpc) is 3.25. The molecule has 3 aliphatic rings. The average molecular weight is 821 g/mol. The molecule has 2 aromatic rings. The number of carbonyl (C=O) groups is 2. The maximum atomic E-state index is 14.2. The molecule has 3 N–H and O–H groups in total. The Morgan fingerprint density at radius 2 is 1.73 bits per heavy atom. The zero-order chi connectivity index (χ0) is 42.2. The molecule has 0 bridgehead atoms. The fourth-order valence-corrected chi connectivity index (χ4v) is 8.84. The Bertz CT molecular complexity index is 1780. The van der Waals surface area contributed by atoms with E-state index in [1.807, 2.05) is 12.1 Å². The molecule has 0 radical (unpaired) electrons. The molecule has 0 saturated heterocycles. The highest BCUT2D eigenvalue weighted by Crippen LogP contribution is 2.62. The lowest BCUT2D eigenvalue weighted by atomic mass is 9.55. The minimum atomic E-state index is -1.50. The first-order chi connectivity index (χ1) is 28.8. The molecule has 14 heteroatoms. The van der Waals surface area contributed by atoms with Gasteiger partial charge in [-0.2, -0.15) is 0 Å². The number of oxime groups is 1. The van der Waals surface area contributed by atoms with E-state index in [2.05, 4.69) is 24.4 Å². The van der Waals surface area contributed by atoms with Crippen LogP contribution in [0.2, 0.25) is 0 Å².